The number of anilines is 1. The number of para-hydroxylation sites is 2. The van der Waals surface area contributed by atoms with E-state index in [9.17, 15) is 4.79 Å². The monoisotopic (exact) mass is 191 g/mol. The molecule has 0 bridgehead atoms. The molecule has 1 aromatic rings. The predicted octanol–water partition coefficient (Wildman–Crippen LogP) is 2.21. The number of carbonyl (C=O) groups excluding carboxylic acids is 1. The van der Waals surface area contributed by atoms with Crippen molar-refractivity contribution in [3.8, 4) is 5.75 Å². The van der Waals surface area contributed by atoms with E-state index in [2.05, 4.69) is 11.9 Å². The molecule has 1 aromatic carbocycles. The molecule has 0 unspecified atom stereocenters. The summed E-state index contributed by atoms with van der Waals surface area (Å²) in [5.74, 6) is 0.107. The van der Waals surface area contributed by atoms with Crippen LogP contribution in [0.4, 0.5) is 5.69 Å². The van der Waals surface area contributed by atoms with Crippen molar-refractivity contribution in [3.05, 3.63) is 36.4 Å². The number of nitrogens with one attached hydrogen (secondary N) is 1. The molecule has 0 aromatic heterocycles. The van der Waals surface area contributed by atoms with Gasteiger partial charge in [-0.05, 0) is 19.1 Å². The predicted molar refractivity (Wildman–Crippen MR) is 56.4 cm³/mol. The van der Waals surface area contributed by atoms with Gasteiger partial charge in [0.2, 0.25) is 0 Å². The molecule has 74 valence electrons. The van der Waals surface area contributed by atoms with Crippen molar-refractivity contribution < 1.29 is 9.53 Å². The van der Waals surface area contributed by atoms with Crippen LogP contribution in [0.5, 0.6) is 5.75 Å². The zero-order valence-electron chi connectivity index (χ0n) is 8.33. The number of hydrogen-bond donors (Lipinski definition) is 1. The molecular weight excluding hydrogens is 178 g/mol. The smallest absolute Gasteiger partial charge is 0.338 e. The van der Waals surface area contributed by atoms with Crippen molar-refractivity contribution >= 4 is 11.7 Å². The Balaban J connectivity index is 2.85. The maximum absolute atomic E-state index is 11.2. The Kier molecular flexibility index (Phi) is 3.29. The molecule has 0 spiro atoms. The van der Waals surface area contributed by atoms with Crippen molar-refractivity contribution in [3.63, 3.8) is 0 Å². The largest absolute Gasteiger partial charge is 0.421 e. The highest BCUT2D eigenvalue weighted by Gasteiger charge is 2.07. The van der Waals surface area contributed by atoms with E-state index in [1.54, 1.807) is 20.0 Å². The first kappa shape index (κ1) is 10.3. The minimum atomic E-state index is -0.410. The summed E-state index contributed by atoms with van der Waals surface area (Å²) in [5, 5.41) is 2.93. The quantitative estimate of drug-likeness (QED) is 0.452. The third-order valence-electron chi connectivity index (χ3n) is 1.71. The van der Waals surface area contributed by atoms with E-state index in [1.165, 1.54) is 0 Å². The zero-order chi connectivity index (χ0) is 10.6. The van der Waals surface area contributed by atoms with Crippen LogP contribution in [0.3, 0.4) is 0 Å². The fourth-order valence-corrected chi connectivity index (χ4v) is 0.949. The fraction of sp³-hybridized carbons (Fsp3) is 0.182. The highest BCUT2D eigenvalue weighted by atomic mass is 16.5. The number of hydrogen-bond acceptors (Lipinski definition) is 3. The van der Waals surface area contributed by atoms with Crippen LogP contribution >= 0.6 is 0 Å². The van der Waals surface area contributed by atoms with Gasteiger partial charge in [0, 0.05) is 12.6 Å². The lowest BCUT2D eigenvalue weighted by Crippen LogP contribution is -2.09. The molecule has 0 amide bonds. The Bertz CT molecular complexity index is 358. The highest BCUT2D eigenvalue weighted by molar-refractivity contribution is 5.89. The van der Waals surface area contributed by atoms with Gasteiger partial charge >= 0.3 is 5.97 Å². The van der Waals surface area contributed by atoms with E-state index in [0.29, 0.717) is 11.3 Å². The van der Waals surface area contributed by atoms with Crippen LogP contribution in [0, 0.1) is 0 Å². The van der Waals surface area contributed by atoms with Gasteiger partial charge in [0.1, 0.15) is 0 Å². The van der Waals surface area contributed by atoms with Gasteiger partial charge in [-0.2, -0.15) is 0 Å². The Labute approximate surface area is 83.4 Å². The number of ether oxygens (including phenoxy) is 1. The average molecular weight is 191 g/mol. The Morgan fingerprint density at radius 2 is 2.07 bits per heavy atom. The summed E-state index contributed by atoms with van der Waals surface area (Å²) in [6.45, 7) is 5.13. The van der Waals surface area contributed by atoms with Gasteiger partial charge in [0.15, 0.2) is 5.75 Å². The van der Waals surface area contributed by atoms with Crippen molar-refractivity contribution in [1.82, 2.24) is 0 Å². The third kappa shape index (κ3) is 2.36. The molecule has 0 saturated carbocycles. The van der Waals surface area contributed by atoms with Crippen LogP contribution in [-0.2, 0) is 4.79 Å². The molecule has 0 radical (unpaired) electrons. The Morgan fingerprint density at radius 1 is 1.43 bits per heavy atom. The number of esters is 1. The molecular formula is C11H13NO2. The number of benzene rings is 1. The third-order valence-corrected chi connectivity index (χ3v) is 1.71. The average Bonchev–Trinajstić information content (AvgIpc) is 2.18. The van der Waals surface area contributed by atoms with Crippen molar-refractivity contribution in [2.45, 2.75) is 6.92 Å². The van der Waals surface area contributed by atoms with E-state index in [1.807, 2.05) is 18.2 Å². The zero-order valence-corrected chi connectivity index (χ0v) is 8.33. The molecule has 14 heavy (non-hydrogen) atoms. The van der Waals surface area contributed by atoms with Gasteiger partial charge in [-0.1, -0.05) is 18.7 Å². The Hall–Kier alpha value is -1.77. The van der Waals surface area contributed by atoms with Crippen molar-refractivity contribution in [2.75, 3.05) is 12.4 Å². The van der Waals surface area contributed by atoms with Crippen molar-refractivity contribution in [2.24, 2.45) is 0 Å². The topological polar surface area (TPSA) is 38.3 Å². The number of rotatable bonds is 3. The Morgan fingerprint density at radius 3 is 2.64 bits per heavy atom. The van der Waals surface area contributed by atoms with E-state index < -0.39 is 5.97 Å². The molecule has 0 fully saturated rings. The maximum Gasteiger partial charge on any atom is 0.338 e. The van der Waals surface area contributed by atoms with Gasteiger partial charge < -0.3 is 10.1 Å². The van der Waals surface area contributed by atoms with Crippen LogP contribution < -0.4 is 10.1 Å². The van der Waals surface area contributed by atoms with Crippen molar-refractivity contribution in [1.29, 1.82) is 0 Å². The minimum Gasteiger partial charge on any atom is -0.421 e. The second-order valence-corrected chi connectivity index (χ2v) is 2.92. The van der Waals surface area contributed by atoms with Gasteiger partial charge in [-0.25, -0.2) is 4.79 Å². The molecule has 0 aliphatic heterocycles. The molecule has 1 rings (SSSR count). The van der Waals surface area contributed by atoms with E-state index >= 15 is 0 Å². The van der Waals surface area contributed by atoms with Gasteiger partial charge in [0.05, 0.1) is 5.69 Å². The van der Waals surface area contributed by atoms with E-state index in [-0.39, 0.29) is 0 Å². The summed E-state index contributed by atoms with van der Waals surface area (Å²) in [7, 11) is 1.77. The molecule has 0 atom stereocenters. The summed E-state index contributed by atoms with van der Waals surface area (Å²) in [4.78, 5) is 11.2. The van der Waals surface area contributed by atoms with Gasteiger partial charge in [0.25, 0.3) is 0 Å². The summed E-state index contributed by atoms with van der Waals surface area (Å²) >= 11 is 0. The van der Waals surface area contributed by atoms with Gasteiger partial charge in [-0.15, -0.1) is 0 Å². The number of carbonyl (C=O) groups is 1. The van der Waals surface area contributed by atoms with Crippen LogP contribution in [0.25, 0.3) is 0 Å². The maximum atomic E-state index is 11.2. The molecule has 3 nitrogen and oxygen atoms in total. The lowest BCUT2D eigenvalue weighted by atomic mass is 10.3. The normalized spacial score (nSPS) is 9.29. The lowest BCUT2D eigenvalue weighted by molar-refractivity contribution is -0.130. The second-order valence-electron chi connectivity index (χ2n) is 2.92. The standard InChI is InChI=1S/C11H13NO2/c1-8(2)11(13)14-10-7-5-4-6-9(10)12-3/h4-7,12H,1H2,2-3H3. The van der Waals surface area contributed by atoms with Crippen LogP contribution in [0.15, 0.2) is 36.4 Å². The first-order valence-corrected chi connectivity index (χ1v) is 4.29. The lowest BCUT2D eigenvalue weighted by Gasteiger charge is -2.08. The van der Waals surface area contributed by atoms with Crippen LogP contribution in [-0.4, -0.2) is 13.0 Å². The molecule has 0 heterocycles. The van der Waals surface area contributed by atoms with E-state index in [0.717, 1.165) is 5.69 Å². The fourth-order valence-electron chi connectivity index (χ4n) is 0.949. The van der Waals surface area contributed by atoms with Gasteiger partial charge in [-0.3, -0.25) is 0 Å². The molecule has 0 aliphatic carbocycles. The highest BCUT2D eigenvalue weighted by Crippen LogP contribution is 2.23. The second kappa shape index (κ2) is 4.46. The minimum absolute atomic E-state index is 0.385. The first-order valence-electron chi connectivity index (χ1n) is 4.29. The molecule has 0 saturated heterocycles. The summed E-state index contributed by atoms with van der Waals surface area (Å²) in [6, 6.07) is 7.24. The summed E-state index contributed by atoms with van der Waals surface area (Å²) in [5.41, 5.74) is 1.16. The SMILES string of the molecule is C=C(C)C(=O)Oc1ccccc1NC. The molecule has 3 heteroatoms. The van der Waals surface area contributed by atoms with Crippen LogP contribution in [0.1, 0.15) is 6.92 Å². The van der Waals surface area contributed by atoms with Crippen LogP contribution in [0.2, 0.25) is 0 Å². The summed E-state index contributed by atoms with van der Waals surface area (Å²) < 4.78 is 5.10. The first-order chi connectivity index (χ1) is 6.65. The van der Waals surface area contributed by atoms with E-state index in [4.69, 9.17) is 4.74 Å². The summed E-state index contributed by atoms with van der Waals surface area (Å²) in [6.07, 6.45) is 0. The molecule has 1 N–H and O–H groups in total. The molecule has 0 aliphatic rings.